The van der Waals surface area contributed by atoms with Crippen LogP contribution in [0.5, 0.6) is 17.2 Å². The van der Waals surface area contributed by atoms with Gasteiger partial charge in [0, 0.05) is 5.69 Å². The summed E-state index contributed by atoms with van der Waals surface area (Å²) >= 11 is 5.43. The number of anilines is 2. The number of carbonyl (C=O) groups excluding carboxylic acids is 2. The monoisotopic (exact) mass is 517 g/mol. The minimum absolute atomic E-state index is 0.187. The molecule has 4 rings (SSSR count). The Bertz CT molecular complexity index is 1350. The van der Waals surface area contributed by atoms with E-state index in [-0.39, 0.29) is 23.5 Å². The molecule has 1 aliphatic rings. The minimum Gasteiger partial charge on any atom is -0.493 e. The Labute approximate surface area is 220 Å². The number of ether oxygens (including phenoxy) is 3. The van der Waals surface area contributed by atoms with Crippen molar-refractivity contribution in [1.29, 1.82) is 0 Å². The number of nitrogens with one attached hydrogen (secondary N) is 2. The van der Waals surface area contributed by atoms with Gasteiger partial charge in [-0.1, -0.05) is 35.9 Å². The van der Waals surface area contributed by atoms with Gasteiger partial charge in [-0.25, -0.2) is 4.90 Å². The molecule has 0 atom stereocenters. The molecule has 8 nitrogen and oxygen atoms in total. The van der Waals surface area contributed by atoms with Crippen LogP contribution < -0.4 is 29.7 Å². The number of aryl methyl sites for hydroxylation is 1. The van der Waals surface area contributed by atoms with Gasteiger partial charge in [0.05, 0.1) is 19.4 Å². The maximum atomic E-state index is 13.2. The molecule has 0 saturated carbocycles. The fourth-order valence-electron chi connectivity index (χ4n) is 3.71. The second-order valence-electron chi connectivity index (χ2n) is 8.14. The van der Waals surface area contributed by atoms with Crippen LogP contribution in [-0.4, -0.2) is 37.3 Å². The van der Waals surface area contributed by atoms with Crippen molar-refractivity contribution in [2.24, 2.45) is 0 Å². The van der Waals surface area contributed by atoms with E-state index in [1.807, 2.05) is 50.2 Å². The third-order valence-corrected chi connectivity index (χ3v) is 5.76. The topological polar surface area (TPSA) is 89.1 Å². The van der Waals surface area contributed by atoms with E-state index in [9.17, 15) is 9.59 Å². The van der Waals surface area contributed by atoms with Gasteiger partial charge in [-0.05, 0) is 74.1 Å². The first-order valence-corrected chi connectivity index (χ1v) is 12.1. The van der Waals surface area contributed by atoms with Crippen LogP contribution in [0.15, 0.2) is 72.4 Å². The number of para-hydroxylation sites is 2. The Balaban J connectivity index is 1.46. The van der Waals surface area contributed by atoms with Gasteiger partial charge in [0.2, 0.25) is 0 Å². The van der Waals surface area contributed by atoms with Crippen LogP contribution in [0.25, 0.3) is 6.08 Å². The van der Waals surface area contributed by atoms with Crippen molar-refractivity contribution in [3.63, 3.8) is 0 Å². The minimum atomic E-state index is -0.302. The van der Waals surface area contributed by atoms with Gasteiger partial charge >= 0.3 is 0 Å². The summed E-state index contributed by atoms with van der Waals surface area (Å²) in [6.45, 7) is 4.13. The first-order valence-electron chi connectivity index (χ1n) is 11.7. The summed E-state index contributed by atoms with van der Waals surface area (Å²) in [5, 5.41) is 6.03. The largest absolute Gasteiger partial charge is 0.493 e. The quantitative estimate of drug-likeness (QED) is 0.315. The predicted octanol–water partition coefficient (Wildman–Crippen LogP) is 4.68. The maximum Gasteiger partial charge on any atom is 0.281 e. The maximum absolute atomic E-state index is 13.2. The van der Waals surface area contributed by atoms with Gasteiger partial charge < -0.3 is 24.8 Å². The van der Waals surface area contributed by atoms with Crippen molar-refractivity contribution < 1.29 is 23.8 Å². The molecule has 2 amide bonds. The third-order valence-electron chi connectivity index (χ3n) is 5.48. The smallest absolute Gasteiger partial charge is 0.281 e. The zero-order valence-corrected chi connectivity index (χ0v) is 21.6. The zero-order chi connectivity index (χ0) is 26.4. The van der Waals surface area contributed by atoms with Crippen molar-refractivity contribution in [1.82, 2.24) is 5.32 Å². The molecule has 0 unspecified atom stereocenters. The van der Waals surface area contributed by atoms with E-state index < -0.39 is 0 Å². The van der Waals surface area contributed by atoms with E-state index in [0.29, 0.717) is 46.5 Å². The number of thiocarbonyl (C=S) groups is 1. The Morgan fingerprint density at radius 3 is 2.51 bits per heavy atom. The molecule has 1 saturated heterocycles. The van der Waals surface area contributed by atoms with E-state index >= 15 is 0 Å². The second-order valence-corrected chi connectivity index (χ2v) is 8.53. The van der Waals surface area contributed by atoms with Gasteiger partial charge in [-0.3, -0.25) is 9.59 Å². The van der Waals surface area contributed by atoms with Crippen LogP contribution in [0.1, 0.15) is 18.1 Å². The summed E-state index contributed by atoms with van der Waals surface area (Å²) < 4.78 is 16.8. The Hall–Kier alpha value is -4.37. The average molecular weight is 518 g/mol. The molecule has 0 radical (unpaired) electrons. The SMILES string of the molecule is CCOc1ccccc1N1C(=O)/C(=C\c2ccc(OCC(=O)Nc3ccc(C)cc3)c(OC)c2)NC1=S. The highest BCUT2D eigenvalue weighted by atomic mass is 32.1. The van der Waals surface area contributed by atoms with E-state index in [1.54, 1.807) is 36.4 Å². The number of nitrogens with zero attached hydrogens (tertiary/aromatic N) is 1. The Morgan fingerprint density at radius 2 is 1.78 bits per heavy atom. The van der Waals surface area contributed by atoms with Crippen molar-refractivity contribution in [2.45, 2.75) is 13.8 Å². The van der Waals surface area contributed by atoms with Crippen LogP contribution in [-0.2, 0) is 9.59 Å². The van der Waals surface area contributed by atoms with Gasteiger partial charge in [0.15, 0.2) is 23.2 Å². The predicted molar refractivity (Wildman–Crippen MR) is 147 cm³/mol. The molecule has 1 fully saturated rings. The van der Waals surface area contributed by atoms with E-state index in [0.717, 1.165) is 5.56 Å². The first-order chi connectivity index (χ1) is 17.9. The lowest BCUT2D eigenvalue weighted by molar-refractivity contribution is -0.118. The van der Waals surface area contributed by atoms with Crippen molar-refractivity contribution in [3.8, 4) is 17.2 Å². The molecule has 0 spiro atoms. The molecule has 37 heavy (non-hydrogen) atoms. The second kappa shape index (κ2) is 11.6. The highest BCUT2D eigenvalue weighted by Gasteiger charge is 2.33. The van der Waals surface area contributed by atoms with Gasteiger partial charge in [-0.2, -0.15) is 0 Å². The summed E-state index contributed by atoms with van der Waals surface area (Å²) in [7, 11) is 1.51. The number of methoxy groups -OCH3 is 1. The highest BCUT2D eigenvalue weighted by molar-refractivity contribution is 7.80. The average Bonchev–Trinajstić information content (AvgIpc) is 3.17. The fourth-order valence-corrected chi connectivity index (χ4v) is 4.00. The molecular weight excluding hydrogens is 490 g/mol. The number of hydrogen-bond donors (Lipinski definition) is 2. The molecule has 190 valence electrons. The number of benzene rings is 3. The lowest BCUT2D eigenvalue weighted by Gasteiger charge is -2.17. The molecule has 2 N–H and O–H groups in total. The summed E-state index contributed by atoms with van der Waals surface area (Å²) in [6.07, 6.45) is 1.67. The molecule has 0 bridgehead atoms. The van der Waals surface area contributed by atoms with Gasteiger partial charge in [0.1, 0.15) is 11.4 Å². The van der Waals surface area contributed by atoms with E-state index in [1.165, 1.54) is 12.0 Å². The molecule has 9 heteroatoms. The molecule has 0 aliphatic carbocycles. The van der Waals surface area contributed by atoms with Crippen molar-refractivity contribution in [3.05, 3.63) is 83.6 Å². The normalized spacial score (nSPS) is 13.9. The first kappa shape index (κ1) is 25.7. The number of amides is 2. The van der Waals surface area contributed by atoms with E-state index in [2.05, 4.69) is 10.6 Å². The standard InChI is InChI=1S/C28H27N3O5S/c1-4-35-23-8-6-5-7-22(23)31-27(33)21(30-28(31)37)15-19-11-14-24(25(16-19)34-3)36-17-26(32)29-20-12-9-18(2)10-13-20/h5-16H,4,17H2,1-3H3,(H,29,32)(H,30,37)/b21-15+. The molecule has 0 aromatic heterocycles. The van der Waals surface area contributed by atoms with Crippen LogP contribution in [0.3, 0.4) is 0 Å². The van der Waals surface area contributed by atoms with Gasteiger partial charge in [0.25, 0.3) is 11.8 Å². The molecule has 1 heterocycles. The highest BCUT2D eigenvalue weighted by Crippen LogP contribution is 2.33. The zero-order valence-electron chi connectivity index (χ0n) is 20.7. The third kappa shape index (κ3) is 6.07. The molecule has 1 aliphatic heterocycles. The number of carbonyl (C=O) groups is 2. The Morgan fingerprint density at radius 1 is 1.03 bits per heavy atom. The van der Waals surface area contributed by atoms with Crippen LogP contribution in [0, 0.1) is 6.92 Å². The summed E-state index contributed by atoms with van der Waals surface area (Å²) in [5.74, 6) is 0.794. The summed E-state index contributed by atoms with van der Waals surface area (Å²) in [6, 6.07) is 19.9. The molecular formula is C28H27N3O5S. The van der Waals surface area contributed by atoms with Crippen molar-refractivity contribution >= 4 is 46.6 Å². The van der Waals surface area contributed by atoms with E-state index in [4.69, 9.17) is 26.4 Å². The van der Waals surface area contributed by atoms with Gasteiger partial charge in [-0.15, -0.1) is 0 Å². The summed E-state index contributed by atoms with van der Waals surface area (Å²) in [4.78, 5) is 26.9. The van der Waals surface area contributed by atoms with Crippen LogP contribution in [0.2, 0.25) is 0 Å². The van der Waals surface area contributed by atoms with Crippen LogP contribution in [0.4, 0.5) is 11.4 Å². The molecule has 3 aromatic carbocycles. The number of rotatable bonds is 9. The number of hydrogen-bond acceptors (Lipinski definition) is 6. The molecule has 3 aromatic rings. The van der Waals surface area contributed by atoms with Crippen molar-refractivity contribution in [2.75, 3.05) is 30.5 Å². The Kier molecular flexibility index (Phi) is 8.05. The fraction of sp³-hybridized carbons (Fsp3) is 0.179. The van der Waals surface area contributed by atoms with Crippen LogP contribution >= 0.6 is 12.2 Å². The summed E-state index contributed by atoms with van der Waals surface area (Å²) in [5.41, 5.74) is 3.36. The lowest BCUT2D eigenvalue weighted by atomic mass is 10.1. The lowest BCUT2D eigenvalue weighted by Crippen LogP contribution is -2.30.